The van der Waals surface area contributed by atoms with Gasteiger partial charge in [0.15, 0.2) is 0 Å². The van der Waals surface area contributed by atoms with Crippen molar-refractivity contribution in [2.75, 3.05) is 13.7 Å². The third kappa shape index (κ3) is 2.12. The third-order valence-corrected chi connectivity index (χ3v) is 3.49. The number of nitrogens with zero attached hydrogens (tertiary/aromatic N) is 1. The quantitative estimate of drug-likeness (QED) is 0.825. The van der Waals surface area contributed by atoms with Crippen molar-refractivity contribution in [3.8, 4) is 5.75 Å². The van der Waals surface area contributed by atoms with Gasteiger partial charge < -0.3 is 9.64 Å². The molecule has 0 radical (unpaired) electrons. The van der Waals surface area contributed by atoms with E-state index in [1.807, 2.05) is 4.90 Å². The number of fused-ring (bicyclic) bond motifs is 1. The first kappa shape index (κ1) is 12.2. The average molecular weight is 254 g/mol. The lowest BCUT2D eigenvalue weighted by Gasteiger charge is -2.14. The maximum Gasteiger partial charge on any atom is 0.254 e. The molecule has 0 aromatic heterocycles. The molecule has 0 atom stereocenters. The van der Waals surface area contributed by atoms with Crippen molar-refractivity contribution in [3.05, 3.63) is 28.3 Å². The molecule has 0 N–H and O–H groups in total. The molecule has 1 amide bonds. The lowest BCUT2D eigenvalue weighted by atomic mass is 10.1. The van der Waals surface area contributed by atoms with Crippen LogP contribution in [0.1, 0.15) is 35.7 Å². The highest BCUT2D eigenvalue weighted by molar-refractivity contribution is 6.33. The first-order valence-electron chi connectivity index (χ1n) is 5.83. The van der Waals surface area contributed by atoms with Crippen molar-refractivity contribution in [2.45, 2.75) is 26.3 Å². The number of amides is 1. The van der Waals surface area contributed by atoms with E-state index in [-0.39, 0.29) is 5.91 Å². The minimum atomic E-state index is 0.0815. The third-order valence-electron chi connectivity index (χ3n) is 3.08. The zero-order chi connectivity index (χ0) is 12.4. The summed E-state index contributed by atoms with van der Waals surface area (Å²) in [6.45, 7) is 3.51. The van der Waals surface area contributed by atoms with Crippen LogP contribution in [0.25, 0.3) is 0 Å². The summed E-state index contributed by atoms with van der Waals surface area (Å²) in [5.41, 5.74) is 1.61. The number of methoxy groups -OCH3 is 1. The highest BCUT2D eigenvalue weighted by Crippen LogP contribution is 2.35. The second kappa shape index (κ2) is 4.96. The standard InChI is InChI=1S/C13H16ClNO2/c1-3-4-7-15-8-10-9(13(15)16)5-6-11(17-2)12(10)14/h5-6H,3-4,7-8H2,1-2H3. The van der Waals surface area contributed by atoms with E-state index in [9.17, 15) is 4.79 Å². The van der Waals surface area contributed by atoms with Gasteiger partial charge in [-0.15, -0.1) is 0 Å². The van der Waals surface area contributed by atoms with Crippen LogP contribution in [0, 0.1) is 0 Å². The molecule has 0 saturated heterocycles. The second-order valence-corrected chi connectivity index (χ2v) is 4.57. The molecule has 0 bridgehead atoms. The van der Waals surface area contributed by atoms with Gasteiger partial charge in [-0.25, -0.2) is 0 Å². The molecule has 0 spiro atoms. The zero-order valence-electron chi connectivity index (χ0n) is 10.1. The van der Waals surface area contributed by atoms with E-state index in [0.29, 0.717) is 22.9 Å². The normalized spacial score (nSPS) is 14.1. The predicted octanol–water partition coefficient (Wildman–Crippen LogP) is 3.10. The van der Waals surface area contributed by atoms with Gasteiger partial charge in [0, 0.05) is 24.2 Å². The molecule has 0 aliphatic carbocycles. The predicted molar refractivity (Wildman–Crippen MR) is 67.7 cm³/mol. The van der Waals surface area contributed by atoms with Crippen molar-refractivity contribution in [3.63, 3.8) is 0 Å². The SMILES string of the molecule is CCCCN1Cc2c(ccc(OC)c2Cl)C1=O. The largest absolute Gasteiger partial charge is 0.495 e. The molecule has 1 aliphatic heterocycles. The van der Waals surface area contributed by atoms with Gasteiger partial charge in [0.1, 0.15) is 5.75 Å². The van der Waals surface area contributed by atoms with E-state index < -0.39 is 0 Å². The Morgan fingerprint density at radius 3 is 2.88 bits per heavy atom. The van der Waals surface area contributed by atoms with Gasteiger partial charge >= 0.3 is 0 Å². The summed E-state index contributed by atoms with van der Waals surface area (Å²) >= 11 is 6.22. The van der Waals surface area contributed by atoms with E-state index >= 15 is 0 Å². The molecule has 0 unspecified atom stereocenters. The average Bonchev–Trinajstić information content (AvgIpc) is 2.66. The number of hydrogen-bond acceptors (Lipinski definition) is 2. The topological polar surface area (TPSA) is 29.5 Å². The van der Waals surface area contributed by atoms with E-state index in [0.717, 1.165) is 24.9 Å². The molecule has 17 heavy (non-hydrogen) atoms. The smallest absolute Gasteiger partial charge is 0.254 e. The fourth-order valence-electron chi connectivity index (χ4n) is 2.07. The minimum absolute atomic E-state index is 0.0815. The van der Waals surface area contributed by atoms with Crippen LogP contribution in [0.5, 0.6) is 5.75 Å². The molecule has 0 fully saturated rings. The van der Waals surface area contributed by atoms with Gasteiger partial charge in [0.05, 0.1) is 12.1 Å². The lowest BCUT2D eigenvalue weighted by Crippen LogP contribution is -2.24. The number of halogens is 1. The van der Waals surface area contributed by atoms with E-state index in [1.54, 1.807) is 19.2 Å². The lowest BCUT2D eigenvalue weighted by molar-refractivity contribution is 0.0776. The van der Waals surface area contributed by atoms with E-state index in [2.05, 4.69) is 6.92 Å². The van der Waals surface area contributed by atoms with Crippen LogP contribution in [-0.2, 0) is 6.54 Å². The van der Waals surface area contributed by atoms with Crippen LogP contribution in [0.4, 0.5) is 0 Å². The van der Waals surface area contributed by atoms with E-state index in [4.69, 9.17) is 16.3 Å². The molecular formula is C13H16ClNO2. The molecule has 1 aromatic carbocycles. The Morgan fingerprint density at radius 2 is 2.24 bits per heavy atom. The zero-order valence-corrected chi connectivity index (χ0v) is 10.9. The Labute approximate surface area is 106 Å². The number of carbonyl (C=O) groups excluding carboxylic acids is 1. The van der Waals surface area contributed by atoms with Crippen molar-refractivity contribution in [1.82, 2.24) is 4.90 Å². The molecule has 1 aliphatic rings. The van der Waals surface area contributed by atoms with Gasteiger partial charge in [-0.3, -0.25) is 4.79 Å². The maximum atomic E-state index is 12.1. The number of ether oxygens (including phenoxy) is 1. The molecule has 1 aromatic rings. The Balaban J connectivity index is 2.28. The van der Waals surface area contributed by atoms with Gasteiger partial charge in [-0.1, -0.05) is 24.9 Å². The van der Waals surface area contributed by atoms with Crippen LogP contribution < -0.4 is 4.74 Å². The van der Waals surface area contributed by atoms with Gasteiger partial charge in [-0.2, -0.15) is 0 Å². The molecule has 1 heterocycles. The Morgan fingerprint density at radius 1 is 1.47 bits per heavy atom. The summed E-state index contributed by atoms with van der Waals surface area (Å²) in [6, 6.07) is 3.55. The van der Waals surface area contributed by atoms with Crippen LogP contribution in [0.2, 0.25) is 5.02 Å². The van der Waals surface area contributed by atoms with Gasteiger partial charge in [0.2, 0.25) is 0 Å². The number of hydrogen-bond donors (Lipinski definition) is 0. The van der Waals surface area contributed by atoms with E-state index in [1.165, 1.54) is 0 Å². The number of benzene rings is 1. The Bertz CT molecular complexity index is 445. The fourth-order valence-corrected chi connectivity index (χ4v) is 2.38. The maximum absolute atomic E-state index is 12.1. The number of rotatable bonds is 4. The number of carbonyl (C=O) groups is 1. The van der Waals surface area contributed by atoms with Crippen LogP contribution in [0.15, 0.2) is 12.1 Å². The molecule has 0 saturated carbocycles. The molecule has 4 heteroatoms. The summed E-state index contributed by atoms with van der Waals surface area (Å²) in [6.07, 6.45) is 2.10. The molecule has 3 nitrogen and oxygen atoms in total. The Kier molecular flexibility index (Phi) is 3.57. The fraction of sp³-hybridized carbons (Fsp3) is 0.462. The van der Waals surface area contributed by atoms with Crippen molar-refractivity contribution < 1.29 is 9.53 Å². The summed E-state index contributed by atoms with van der Waals surface area (Å²) in [4.78, 5) is 13.9. The minimum Gasteiger partial charge on any atom is -0.495 e. The highest BCUT2D eigenvalue weighted by Gasteiger charge is 2.29. The number of unbranched alkanes of at least 4 members (excludes halogenated alkanes) is 1. The van der Waals surface area contributed by atoms with Crippen molar-refractivity contribution in [1.29, 1.82) is 0 Å². The second-order valence-electron chi connectivity index (χ2n) is 4.19. The molecule has 92 valence electrons. The first-order valence-corrected chi connectivity index (χ1v) is 6.21. The summed E-state index contributed by atoms with van der Waals surface area (Å²) in [5, 5.41) is 0.567. The van der Waals surface area contributed by atoms with Crippen molar-refractivity contribution in [2.24, 2.45) is 0 Å². The summed E-state index contributed by atoms with van der Waals surface area (Å²) in [7, 11) is 1.58. The molecular weight excluding hydrogens is 238 g/mol. The van der Waals surface area contributed by atoms with Crippen LogP contribution in [0.3, 0.4) is 0 Å². The van der Waals surface area contributed by atoms with Crippen molar-refractivity contribution >= 4 is 17.5 Å². The van der Waals surface area contributed by atoms with Gasteiger partial charge in [0.25, 0.3) is 5.91 Å². The van der Waals surface area contributed by atoms with Gasteiger partial charge in [-0.05, 0) is 18.6 Å². The summed E-state index contributed by atoms with van der Waals surface area (Å²) < 4.78 is 5.16. The first-order chi connectivity index (χ1) is 8.19. The molecule has 2 rings (SSSR count). The highest BCUT2D eigenvalue weighted by atomic mass is 35.5. The Hall–Kier alpha value is -1.22. The monoisotopic (exact) mass is 253 g/mol. The summed E-state index contributed by atoms with van der Waals surface area (Å²) in [5.74, 6) is 0.716. The van der Waals surface area contributed by atoms with Crippen LogP contribution >= 0.6 is 11.6 Å². The van der Waals surface area contributed by atoms with Crippen LogP contribution in [-0.4, -0.2) is 24.5 Å².